The molecular formula is C12H23ClN2. The first-order valence-corrected chi connectivity index (χ1v) is 6.92. The maximum Gasteiger partial charge on any atom is 0.0351 e. The molecule has 2 aliphatic rings. The third kappa shape index (κ3) is 3.61. The van der Waals surface area contributed by atoms with Crippen LogP contribution >= 0.6 is 11.6 Å². The van der Waals surface area contributed by atoms with Crippen molar-refractivity contribution in [1.29, 1.82) is 0 Å². The fourth-order valence-corrected chi connectivity index (χ4v) is 3.08. The van der Waals surface area contributed by atoms with E-state index in [0.29, 0.717) is 0 Å². The average molecular weight is 231 g/mol. The lowest BCUT2D eigenvalue weighted by Gasteiger charge is -2.33. The molecule has 2 aliphatic heterocycles. The highest BCUT2D eigenvalue weighted by Gasteiger charge is 2.22. The van der Waals surface area contributed by atoms with Crippen LogP contribution in [-0.4, -0.2) is 54.9 Å². The van der Waals surface area contributed by atoms with Crippen LogP contribution in [0, 0.1) is 5.92 Å². The summed E-state index contributed by atoms with van der Waals surface area (Å²) in [5.41, 5.74) is 0. The Balaban J connectivity index is 1.64. The number of alkyl halides is 1. The number of halogens is 1. The van der Waals surface area contributed by atoms with Gasteiger partial charge in [0.15, 0.2) is 0 Å². The molecule has 0 aromatic carbocycles. The summed E-state index contributed by atoms with van der Waals surface area (Å²) in [6.45, 7) is 7.67. The predicted octanol–water partition coefficient (Wildman–Crippen LogP) is 2.03. The van der Waals surface area contributed by atoms with Crippen LogP contribution in [-0.2, 0) is 0 Å². The fraction of sp³-hybridized carbons (Fsp3) is 1.00. The van der Waals surface area contributed by atoms with Gasteiger partial charge >= 0.3 is 0 Å². The zero-order valence-electron chi connectivity index (χ0n) is 9.63. The maximum absolute atomic E-state index is 5.76. The van der Waals surface area contributed by atoms with Gasteiger partial charge in [-0.25, -0.2) is 0 Å². The van der Waals surface area contributed by atoms with Crippen molar-refractivity contribution in [1.82, 2.24) is 9.80 Å². The minimum absolute atomic E-state index is 0.788. The first-order valence-electron chi connectivity index (χ1n) is 6.39. The Kier molecular flexibility index (Phi) is 4.73. The van der Waals surface area contributed by atoms with Crippen LogP contribution in [0.3, 0.4) is 0 Å². The van der Waals surface area contributed by atoms with E-state index in [-0.39, 0.29) is 0 Å². The van der Waals surface area contributed by atoms with Crippen molar-refractivity contribution in [3.63, 3.8) is 0 Å². The number of nitrogens with zero attached hydrogens (tertiary/aromatic N) is 2. The first-order chi connectivity index (χ1) is 7.38. The van der Waals surface area contributed by atoms with Gasteiger partial charge in [-0.2, -0.15) is 0 Å². The number of hydrogen-bond acceptors (Lipinski definition) is 2. The number of piperidine rings is 1. The zero-order valence-corrected chi connectivity index (χ0v) is 10.4. The van der Waals surface area contributed by atoms with Gasteiger partial charge in [-0.1, -0.05) is 0 Å². The van der Waals surface area contributed by atoms with Gasteiger partial charge in [-0.05, 0) is 57.8 Å². The molecule has 0 spiro atoms. The molecule has 15 heavy (non-hydrogen) atoms. The van der Waals surface area contributed by atoms with E-state index in [4.69, 9.17) is 11.6 Å². The lowest BCUT2D eigenvalue weighted by atomic mass is 9.96. The number of hydrogen-bond donors (Lipinski definition) is 0. The smallest absolute Gasteiger partial charge is 0.0351 e. The molecule has 2 fully saturated rings. The van der Waals surface area contributed by atoms with Crippen molar-refractivity contribution >= 4 is 11.6 Å². The van der Waals surface area contributed by atoms with Crippen molar-refractivity contribution in [2.45, 2.75) is 25.7 Å². The predicted molar refractivity (Wildman–Crippen MR) is 65.6 cm³/mol. The molecule has 0 aliphatic carbocycles. The summed E-state index contributed by atoms with van der Waals surface area (Å²) in [4.78, 5) is 5.16. The van der Waals surface area contributed by atoms with Gasteiger partial charge in [0.1, 0.15) is 0 Å². The Morgan fingerprint density at radius 2 is 1.60 bits per heavy atom. The fourth-order valence-electron chi connectivity index (χ4n) is 2.84. The van der Waals surface area contributed by atoms with E-state index >= 15 is 0 Å². The summed E-state index contributed by atoms with van der Waals surface area (Å²) < 4.78 is 0. The molecule has 0 bridgehead atoms. The van der Waals surface area contributed by atoms with Crippen LogP contribution in [0.15, 0.2) is 0 Å². The van der Waals surface area contributed by atoms with Crippen LogP contribution in [0.25, 0.3) is 0 Å². The van der Waals surface area contributed by atoms with Crippen molar-refractivity contribution < 1.29 is 0 Å². The molecule has 0 atom stereocenters. The Hall–Kier alpha value is 0.210. The molecule has 0 amide bonds. The largest absolute Gasteiger partial charge is 0.303 e. The molecule has 2 rings (SSSR count). The highest BCUT2D eigenvalue weighted by molar-refractivity contribution is 6.18. The second kappa shape index (κ2) is 6.07. The monoisotopic (exact) mass is 230 g/mol. The maximum atomic E-state index is 5.76. The van der Waals surface area contributed by atoms with Crippen molar-refractivity contribution in [3.8, 4) is 0 Å². The Labute approximate surface area is 98.6 Å². The standard InChI is InChI=1S/C12H23ClN2/c13-5-10-14-8-3-12(4-9-14)11-15-6-1-2-7-15/h12H,1-11H2. The topological polar surface area (TPSA) is 6.48 Å². The van der Waals surface area contributed by atoms with Crippen LogP contribution in [0.2, 0.25) is 0 Å². The van der Waals surface area contributed by atoms with Gasteiger partial charge in [0, 0.05) is 19.0 Å². The number of likely N-dealkylation sites (tertiary alicyclic amines) is 2. The Bertz CT molecular complexity index is 172. The Morgan fingerprint density at radius 1 is 0.933 bits per heavy atom. The third-order valence-corrected chi connectivity index (χ3v) is 3.99. The van der Waals surface area contributed by atoms with Crippen LogP contribution in [0.5, 0.6) is 0 Å². The molecule has 0 N–H and O–H groups in total. The molecule has 2 heterocycles. The molecule has 88 valence electrons. The summed E-state index contributed by atoms with van der Waals surface area (Å²) in [5.74, 6) is 1.74. The van der Waals surface area contributed by atoms with Gasteiger partial charge in [0.25, 0.3) is 0 Å². The molecular weight excluding hydrogens is 208 g/mol. The van der Waals surface area contributed by atoms with E-state index in [1.165, 1.54) is 58.4 Å². The average Bonchev–Trinajstić information content (AvgIpc) is 2.74. The van der Waals surface area contributed by atoms with Gasteiger partial charge in [-0.15, -0.1) is 11.6 Å². The minimum atomic E-state index is 0.788. The van der Waals surface area contributed by atoms with Crippen LogP contribution in [0.1, 0.15) is 25.7 Å². The molecule has 0 aromatic heterocycles. The summed E-state index contributed by atoms with van der Waals surface area (Å²) in [6.07, 6.45) is 5.61. The highest BCUT2D eigenvalue weighted by Crippen LogP contribution is 2.20. The minimum Gasteiger partial charge on any atom is -0.303 e. The SMILES string of the molecule is ClCCN1CCC(CN2CCCC2)CC1. The van der Waals surface area contributed by atoms with Crippen molar-refractivity contribution in [2.24, 2.45) is 5.92 Å². The lowest BCUT2D eigenvalue weighted by molar-refractivity contribution is 0.160. The highest BCUT2D eigenvalue weighted by atomic mass is 35.5. The van der Waals surface area contributed by atoms with E-state index in [0.717, 1.165) is 18.3 Å². The molecule has 3 heteroatoms. The van der Waals surface area contributed by atoms with Crippen LogP contribution in [0.4, 0.5) is 0 Å². The first kappa shape index (κ1) is 11.7. The van der Waals surface area contributed by atoms with Crippen molar-refractivity contribution in [2.75, 3.05) is 45.1 Å². The summed E-state index contributed by atoms with van der Waals surface area (Å²) in [7, 11) is 0. The van der Waals surface area contributed by atoms with Gasteiger partial charge in [-0.3, -0.25) is 0 Å². The zero-order chi connectivity index (χ0) is 10.5. The van der Waals surface area contributed by atoms with Gasteiger partial charge < -0.3 is 9.80 Å². The van der Waals surface area contributed by atoms with E-state index in [1.807, 2.05) is 0 Å². The second-order valence-corrected chi connectivity index (χ2v) is 5.36. The number of rotatable bonds is 4. The van der Waals surface area contributed by atoms with Crippen LogP contribution < -0.4 is 0 Å². The van der Waals surface area contributed by atoms with Gasteiger partial charge in [0.2, 0.25) is 0 Å². The van der Waals surface area contributed by atoms with Crippen molar-refractivity contribution in [3.05, 3.63) is 0 Å². The second-order valence-electron chi connectivity index (χ2n) is 4.98. The van der Waals surface area contributed by atoms with E-state index < -0.39 is 0 Å². The molecule has 0 radical (unpaired) electrons. The van der Waals surface area contributed by atoms with E-state index in [9.17, 15) is 0 Å². The quantitative estimate of drug-likeness (QED) is 0.682. The summed E-state index contributed by atoms with van der Waals surface area (Å²) in [5, 5.41) is 0. The van der Waals surface area contributed by atoms with E-state index in [2.05, 4.69) is 9.80 Å². The molecule has 0 saturated carbocycles. The molecule has 2 nitrogen and oxygen atoms in total. The normalized spacial score (nSPS) is 26.2. The molecule has 0 unspecified atom stereocenters. The third-order valence-electron chi connectivity index (χ3n) is 3.82. The lowest BCUT2D eigenvalue weighted by Crippen LogP contribution is -2.38. The summed E-state index contributed by atoms with van der Waals surface area (Å²) in [6, 6.07) is 0. The molecule has 2 saturated heterocycles. The van der Waals surface area contributed by atoms with E-state index in [1.54, 1.807) is 0 Å². The summed E-state index contributed by atoms with van der Waals surface area (Å²) >= 11 is 5.76. The Morgan fingerprint density at radius 3 is 2.20 bits per heavy atom. The molecule has 0 aromatic rings. The van der Waals surface area contributed by atoms with Gasteiger partial charge in [0.05, 0.1) is 0 Å².